The number of nitrogens with zero attached hydrogens (tertiary/aromatic N) is 1. The zero-order valence-electron chi connectivity index (χ0n) is 14.1. The van der Waals surface area contributed by atoms with Crippen LogP contribution in [0, 0.1) is 0 Å². The molecule has 0 aliphatic rings. The summed E-state index contributed by atoms with van der Waals surface area (Å²) < 4.78 is 11.1. The highest BCUT2D eigenvalue weighted by molar-refractivity contribution is 7.22. The molecule has 1 heterocycles. The Morgan fingerprint density at radius 1 is 1.19 bits per heavy atom. The van der Waals surface area contributed by atoms with E-state index in [9.17, 15) is 9.59 Å². The SMILES string of the molecule is CCOC(=O)c1ccc2nc(NC(=O)COc3cc(Cl)ccc3Cl)sc2c1. The molecule has 1 amide bonds. The van der Waals surface area contributed by atoms with Crippen molar-refractivity contribution < 1.29 is 19.1 Å². The lowest BCUT2D eigenvalue weighted by molar-refractivity contribution is -0.118. The van der Waals surface area contributed by atoms with E-state index in [1.807, 2.05) is 0 Å². The van der Waals surface area contributed by atoms with Crippen LogP contribution < -0.4 is 10.1 Å². The van der Waals surface area contributed by atoms with Crippen LogP contribution in [0.1, 0.15) is 17.3 Å². The number of rotatable bonds is 6. The topological polar surface area (TPSA) is 77.5 Å². The molecule has 6 nitrogen and oxygen atoms in total. The van der Waals surface area contributed by atoms with Gasteiger partial charge in [0.15, 0.2) is 11.7 Å². The van der Waals surface area contributed by atoms with E-state index in [0.29, 0.717) is 38.6 Å². The van der Waals surface area contributed by atoms with E-state index in [0.717, 1.165) is 4.70 Å². The third-order valence-electron chi connectivity index (χ3n) is 3.40. The quantitative estimate of drug-likeness (QED) is 0.575. The molecule has 0 aliphatic heterocycles. The molecule has 27 heavy (non-hydrogen) atoms. The number of anilines is 1. The summed E-state index contributed by atoms with van der Waals surface area (Å²) in [6.07, 6.45) is 0. The summed E-state index contributed by atoms with van der Waals surface area (Å²) in [5.41, 5.74) is 1.10. The molecule has 0 bridgehead atoms. The number of carbonyl (C=O) groups excluding carboxylic acids is 2. The number of carbonyl (C=O) groups is 2. The summed E-state index contributed by atoms with van der Waals surface area (Å²) in [6.45, 7) is 1.80. The largest absolute Gasteiger partial charge is 0.482 e. The van der Waals surface area contributed by atoms with Crippen molar-refractivity contribution >= 4 is 61.8 Å². The summed E-state index contributed by atoms with van der Waals surface area (Å²) in [4.78, 5) is 28.2. The van der Waals surface area contributed by atoms with Crippen molar-refractivity contribution in [2.75, 3.05) is 18.5 Å². The van der Waals surface area contributed by atoms with E-state index in [1.54, 1.807) is 37.3 Å². The average molecular weight is 425 g/mol. The molecular weight excluding hydrogens is 411 g/mol. The standard InChI is InChI=1S/C18H14Cl2N2O4S/c1-2-25-17(24)10-3-6-13-15(7-10)27-18(21-13)22-16(23)9-26-14-8-11(19)4-5-12(14)20/h3-8H,2,9H2,1H3,(H,21,22,23). The van der Waals surface area contributed by atoms with Crippen molar-refractivity contribution in [1.29, 1.82) is 0 Å². The Balaban J connectivity index is 1.66. The Hall–Kier alpha value is -2.35. The number of hydrogen-bond donors (Lipinski definition) is 1. The maximum Gasteiger partial charge on any atom is 0.338 e. The Bertz CT molecular complexity index is 1010. The average Bonchev–Trinajstić information content (AvgIpc) is 3.03. The second kappa shape index (κ2) is 8.56. The first-order chi connectivity index (χ1) is 13.0. The van der Waals surface area contributed by atoms with Gasteiger partial charge in [0.2, 0.25) is 0 Å². The highest BCUT2D eigenvalue weighted by Gasteiger charge is 2.13. The molecular formula is C18H14Cl2N2O4S. The Labute approximate surface area is 169 Å². The Kier molecular flexibility index (Phi) is 6.15. The highest BCUT2D eigenvalue weighted by Crippen LogP contribution is 2.29. The first-order valence-corrected chi connectivity index (χ1v) is 9.49. The number of fused-ring (bicyclic) bond motifs is 1. The first-order valence-electron chi connectivity index (χ1n) is 7.91. The molecule has 0 saturated heterocycles. The van der Waals surface area contributed by atoms with Crippen molar-refractivity contribution in [1.82, 2.24) is 4.98 Å². The predicted molar refractivity (Wildman–Crippen MR) is 106 cm³/mol. The molecule has 0 saturated carbocycles. The lowest BCUT2D eigenvalue weighted by Crippen LogP contribution is -2.20. The molecule has 3 aromatic rings. The van der Waals surface area contributed by atoms with Gasteiger partial charge in [0.25, 0.3) is 5.91 Å². The smallest absolute Gasteiger partial charge is 0.338 e. The van der Waals surface area contributed by atoms with Crippen molar-refractivity contribution in [2.45, 2.75) is 6.92 Å². The molecule has 0 spiro atoms. The van der Waals surface area contributed by atoms with Crippen LogP contribution in [-0.4, -0.2) is 30.1 Å². The number of ether oxygens (including phenoxy) is 2. The number of hydrogen-bond acceptors (Lipinski definition) is 6. The Morgan fingerprint density at radius 3 is 2.78 bits per heavy atom. The van der Waals surface area contributed by atoms with Gasteiger partial charge < -0.3 is 9.47 Å². The van der Waals surface area contributed by atoms with Crippen LogP contribution in [0.3, 0.4) is 0 Å². The van der Waals surface area contributed by atoms with Crippen molar-refractivity contribution in [2.24, 2.45) is 0 Å². The van der Waals surface area contributed by atoms with Gasteiger partial charge in [-0.15, -0.1) is 0 Å². The number of thiazole rings is 1. The van der Waals surface area contributed by atoms with Gasteiger partial charge in [-0.3, -0.25) is 10.1 Å². The lowest BCUT2D eigenvalue weighted by Gasteiger charge is -2.07. The van der Waals surface area contributed by atoms with Crippen molar-refractivity contribution in [3.05, 3.63) is 52.0 Å². The van der Waals surface area contributed by atoms with Gasteiger partial charge in [0.05, 0.1) is 27.4 Å². The number of nitrogens with one attached hydrogen (secondary N) is 1. The van der Waals surface area contributed by atoms with Crippen LogP contribution >= 0.6 is 34.5 Å². The van der Waals surface area contributed by atoms with Gasteiger partial charge >= 0.3 is 5.97 Å². The summed E-state index contributed by atoms with van der Waals surface area (Å²) >= 11 is 13.1. The minimum atomic E-state index is -0.398. The van der Waals surface area contributed by atoms with Gasteiger partial charge in [0.1, 0.15) is 5.75 Å². The van der Waals surface area contributed by atoms with Gasteiger partial charge in [-0.25, -0.2) is 9.78 Å². The summed E-state index contributed by atoms with van der Waals surface area (Å²) in [5, 5.41) is 3.88. The number of aromatic nitrogens is 1. The zero-order chi connectivity index (χ0) is 19.4. The molecule has 3 rings (SSSR count). The summed E-state index contributed by atoms with van der Waals surface area (Å²) in [6, 6.07) is 9.77. The monoisotopic (exact) mass is 424 g/mol. The van der Waals surface area contributed by atoms with Crippen LogP contribution in [0.2, 0.25) is 10.0 Å². The Morgan fingerprint density at radius 2 is 2.00 bits per heavy atom. The number of esters is 1. The fourth-order valence-corrected chi connectivity index (χ4v) is 3.46. The third kappa shape index (κ3) is 4.88. The van der Waals surface area contributed by atoms with Crippen molar-refractivity contribution in [3.63, 3.8) is 0 Å². The van der Waals surface area contributed by atoms with Crippen LogP contribution in [-0.2, 0) is 9.53 Å². The van der Waals surface area contributed by atoms with E-state index >= 15 is 0 Å². The van der Waals surface area contributed by atoms with Crippen molar-refractivity contribution in [3.8, 4) is 5.75 Å². The normalized spacial score (nSPS) is 10.6. The number of halogens is 2. The second-order valence-electron chi connectivity index (χ2n) is 5.33. The molecule has 1 N–H and O–H groups in total. The van der Waals surface area contributed by atoms with Crippen LogP contribution in [0.5, 0.6) is 5.75 Å². The van der Waals surface area contributed by atoms with Gasteiger partial charge in [-0.05, 0) is 37.3 Å². The highest BCUT2D eigenvalue weighted by atomic mass is 35.5. The van der Waals surface area contributed by atoms with Gasteiger partial charge in [0, 0.05) is 11.1 Å². The van der Waals surface area contributed by atoms with Gasteiger partial charge in [-0.1, -0.05) is 34.5 Å². The maximum atomic E-state index is 12.1. The van der Waals surface area contributed by atoms with E-state index in [1.165, 1.54) is 17.4 Å². The molecule has 0 fully saturated rings. The molecule has 0 unspecified atom stereocenters. The first kappa shape index (κ1) is 19.4. The minimum absolute atomic E-state index is 0.246. The fourth-order valence-electron chi connectivity index (χ4n) is 2.21. The van der Waals surface area contributed by atoms with E-state index < -0.39 is 11.9 Å². The predicted octanol–water partition coefficient (Wildman–Crippen LogP) is 4.80. The number of benzene rings is 2. The zero-order valence-corrected chi connectivity index (χ0v) is 16.5. The molecule has 140 valence electrons. The summed E-state index contributed by atoms with van der Waals surface area (Å²) in [7, 11) is 0. The molecule has 0 atom stereocenters. The van der Waals surface area contributed by atoms with E-state index in [4.69, 9.17) is 32.7 Å². The second-order valence-corrected chi connectivity index (χ2v) is 7.21. The van der Waals surface area contributed by atoms with Crippen LogP contribution in [0.25, 0.3) is 10.2 Å². The number of amides is 1. The van der Waals surface area contributed by atoms with Gasteiger partial charge in [-0.2, -0.15) is 0 Å². The third-order valence-corrected chi connectivity index (χ3v) is 4.88. The van der Waals surface area contributed by atoms with E-state index in [2.05, 4.69) is 10.3 Å². The molecule has 1 aromatic heterocycles. The minimum Gasteiger partial charge on any atom is -0.482 e. The lowest BCUT2D eigenvalue weighted by atomic mass is 10.2. The molecule has 0 radical (unpaired) electrons. The van der Waals surface area contributed by atoms with Crippen LogP contribution in [0.4, 0.5) is 5.13 Å². The fraction of sp³-hybridized carbons (Fsp3) is 0.167. The molecule has 2 aromatic carbocycles. The molecule has 9 heteroatoms. The van der Waals surface area contributed by atoms with Crippen LogP contribution in [0.15, 0.2) is 36.4 Å². The molecule has 0 aliphatic carbocycles. The summed E-state index contributed by atoms with van der Waals surface area (Å²) in [5.74, 6) is -0.469. The maximum absolute atomic E-state index is 12.1. The van der Waals surface area contributed by atoms with E-state index in [-0.39, 0.29) is 6.61 Å².